The Bertz CT molecular complexity index is 671. The molecule has 0 atom stereocenters. The number of nitrogens with zero attached hydrogens (tertiary/aromatic N) is 2. The molecule has 0 aliphatic heterocycles. The van der Waals surface area contributed by atoms with Crippen LogP contribution in [0.4, 0.5) is 29.1 Å². The molecule has 3 nitrogen and oxygen atoms in total. The lowest BCUT2D eigenvalue weighted by Crippen LogP contribution is -2.10. The summed E-state index contributed by atoms with van der Waals surface area (Å²) in [5.74, 6) is -0.828. The maximum absolute atomic E-state index is 13.1. The van der Waals surface area contributed by atoms with Crippen molar-refractivity contribution in [2.45, 2.75) is 6.18 Å². The highest BCUT2D eigenvalue weighted by atomic mass is 79.9. The topological polar surface area (TPSA) is 37.8 Å². The first-order valence-corrected chi connectivity index (χ1v) is 6.75. The quantitative estimate of drug-likeness (QED) is 0.534. The standard InChI is InChI=1S/C11H4BrCl2F4N3/c12-5-1-4(15)2-6(13)9(5)20-8-3-7(11(16,17)18)19-10(14)21-8/h1-3H,(H,19,20,21). The first-order chi connectivity index (χ1) is 9.66. The Kier molecular flexibility index (Phi) is 4.60. The van der Waals surface area contributed by atoms with Gasteiger partial charge < -0.3 is 5.32 Å². The van der Waals surface area contributed by atoms with E-state index in [-0.39, 0.29) is 21.0 Å². The zero-order chi connectivity index (χ0) is 15.8. The number of aromatic nitrogens is 2. The largest absolute Gasteiger partial charge is 0.433 e. The van der Waals surface area contributed by atoms with E-state index >= 15 is 0 Å². The summed E-state index contributed by atoms with van der Waals surface area (Å²) < 4.78 is 51.2. The van der Waals surface area contributed by atoms with E-state index in [4.69, 9.17) is 23.2 Å². The predicted octanol–water partition coefficient (Wildman–Crippen LogP) is 5.45. The van der Waals surface area contributed by atoms with Crippen molar-refractivity contribution >= 4 is 50.6 Å². The van der Waals surface area contributed by atoms with E-state index in [1.165, 1.54) is 0 Å². The van der Waals surface area contributed by atoms with Crippen LogP contribution in [-0.4, -0.2) is 9.97 Å². The van der Waals surface area contributed by atoms with Crippen molar-refractivity contribution in [3.8, 4) is 0 Å². The molecule has 0 spiro atoms. The highest BCUT2D eigenvalue weighted by Gasteiger charge is 2.33. The number of halogens is 7. The molecule has 1 aromatic carbocycles. The van der Waals surface area contributed by atoms with Gasteiger partial charge in [0.15, 0.2) is 5.69 Å². The summed E-state index contributed by atoms with van der Waals surface area (Å²) in [7, 11) is 0. The van der Waals surface area contributed by atoms with Gasteiger partial charge in [0, 0.05) is 10.5 Å². The van der Waals surface area contributed by atoms with Crippen molar-refractivity contribution in [1.29, 1.82) is 0 Å². The molecule has 0 saturated heterocycles. The van der Waals surface area contributed by atoms with Crippen LogP contribution in [-0.2, 0) is 6.18 Å². The number of alkyl halides is 3. The zero-order valence-electron chi connectivity index (χ0n) is 9.77. The Labute approximate surface area is 134 Å². The third-order valence-electron chi connectivity index (χ3n) is 2.25. The summed E-state index contributed by atoms with van der Waals surface area (Å²) in [6, 6.07) is 2.77. The molecule has 10 heteroatoms. The summed E-state index contributed by atoms with van der Waals surface area (Å²) in [5, 5.41) is 1.92. The third-order valence-corrected chi connectivity index (χ3v) is 3.34. The second-order valence-corrected chi connectivity index (χ2v) is 5.37. The van der Waals surface area contributed by atoms with Crippen molar-refractivity contribution in [2.24, 2.45) is 0 Å². The fourth-order valence-corrected chi connectivity index (χ4v) is 2.50. The molecule has 0 unspecified atom stereocenters. The van der Waals surface area contributed by atoms with Gasteiger partial charge in [-0.1, -0.05) is 11.6 Å². The second-order valence-electron chi connectivity index (χ2n) is 3.77. The average Bonchev–Trinajstić information content (AvgIpc) is 2.32. The maximum atomic E-state index is 13.1. The van der Waals surface area contributed by atoms with Gasteiger partial charge in [-0.3, -0.25) is 0 Å². The highest BCUT2D eigenvalue weighted by Crippen LogP contribution is 2.35. The SMILES string of the molecule is Fc1cc(Cl)c(Nc2cc(C(F)(F)F)nc(Cl)n2)c(Br)c1. The minimum absolute atomic E-state index is 0.0369. The van der Waals surface area contributed by atoms with Gasteiger partial charge in [0.1, 0.15) is 11.6 Å². The Balaban J connectivity index is 2.43. The summed E-state index contributed by atoms with van der Waals surface area (Å²) in [6.45, 7) is 0. The highest BCUT2D eigenvalue weighted by molar-refractivity contribution is 9.10. The fraction of sp³-hybridized carbons (Fsp3) is 0.0909. The van der Waals surface area contributed by atoms with Gasteiger partial charge in [0.25, 0.3) is 0 Å². The summed E-state index contributed by atoms with van der Waals surface area (Å²) in [5.41, 5.74) is -1.06. The van der Waals surface area contributed by atoms with Crippen LogP contribution in [0.5, 0.6) is 0 Å². The molecule has 0 fully saturated rings. The number of hydrogen-bond donors (Lipinski definition) is 1. The summed E-state index contributed by atoms with van der Waals surface area (Å²) in [4.78, 5) is 6.71. The Morgan fingerprint density at radius 1 is 1.10 bits per heavy atom. The predicted molar refractivity (Wildman–Crippen MR) is 74.4 cm³/mol. The summed E-state index contributed by atoms with van der Waals surface area (Å²) in [6.07, 6.45) is -4.67. The van der Waals surface area contributed by atoms with Crippen LogP contribution in [0, 0.1) is 5.82 Å². The van der Waals surface area contributed by atoms with Crippen LogP contribution < -0.4 is 5.32 Å². The third kappa shape index (κ3) is 3.96. The normalized spacial score (nSPS) is 11.6. The minimum Gasteiger partial charge on any atom is -0.338 e. The molecule has 0 radical (unpaired) electrons. The number of anilines is 2. The molecule has 1 aromatic heterocycles. The Morgan fingerprint density at radius 3 is 2.33 bits per heavy atom. The molecule has 2 aromatic rings. The van der Waals surface area contributed by atoms with Gasteiger partial charge in [0.05, 0.1) is 10.7 Å². The molecular formula is C11H4BrCl2F4N3. The molecule has 0 aliphatic rings. The van der Waals surface area contributed by atoms with Crippen LogP contribution in [0.3, 0.4) is 0 Å². The molecule has 1 heterocycles. The molecule has 21 heavy (non-hydrogen) atoms. The lowest BCUT2D eigenvalue weighted by Gasteiger charge is -2.12. The zero-order valence-corrected chi connectivity index (χ0v) is 12.9. The van der Waals surface area contributed by atoms with Crippen LogP contribution in [0.2, 0.25) is 10.3 Å². The van der Waals surface area contributed by atoms with Gasteiger partial charge in [-0.25, -0.2) is 14.4 Å². The average molecular weight is 405 g/mol. The van der Waals surface area contributed by atoms with E-state index in [0.717, 1.165) is 12.1 Å². The van der Waals surface area contributed by atoms with E-state index in [2.05, 4.69) is 31.2 Å². The molecule has 0 amide bonds. The van der Waals surface area contributed by atoms with E-state index in [0.29, 0.717) is 6.07 Å². The van der Waals surface area contributed by atoms with E-state index in [9.17, 15) is 17.6 Å². The fourth-order valence-electron chi connectivity index (χ4n) is 1.42. The number of benzene rings is 1. The molecule has 0 saturated carbocycles. The van der Waals surface area contributed by atoms with E-state index in [1.807, 2.05) is 0 Å². The van der Waals surface area contributed by atoms with Gasteiger partial charge in [-0.05, 0) is 39.7 Å². The summed E-state index contributed by atoms with van der Waals surface area (Å²) >= 11 is 14.3. The van der Waals surface area contributed by atoms with Gasteiger partial charge in [-0.15, -0.1) is 0 Å². The van der Waals surface area contributed by atoms with Crippen LogP contribution in [0.1, 0.15) is 5.69 Å². The van der Waals surface area contributed by atoms with Crippen LogP contribution >= 0.6 is 39.1 Å². The van der Waals surface area contributed by atoms with Gasteiger partial charge >= 0.3 is 6.18 Å². The first kappa shape index (κ1) is 16.3. The smallest absolute Gasteiger partial charge is 0.338 e. The van der Waals surface area contributed by atoms with Crippen molar-refractivity contribution in [1.82, 2.24) is 9.97 Å². The molecule has 112 valence electrons. The minimum atomic E-state index is -4.67. The van der Waals surface area contributed by atoms with E-state index in [1.54, 1.807) is 0 Å². The molecule has 0 aliphatic carbocycles. The molecule has 0 bridgehead atoms. The molecule has 1 N–H and O–H groups in total. The van der Waals surface area contributed by atoms with Crippen molar-refractivity contribution in [3.05, 3.63) is 44.5 Å². The maximum Gasteiger partial charge on any atom is 0.433 e. The van der Waals surface area contributed by atoms with Gasteiger partial charge in [0.2, 0.25) is 5.28 Å². The monoisotopic (exact) mass is 403 g/mol. The lowest BCUT2D eigenvalue weighted by atomic mass is 10.3. The second kappa shape index (κ2) is 5.94. The first-order valence-electron chi connectivity index (χ1n) is 5.20. The number of hydrogen-bond acceptors (Lipinski definition) is 3. The Morgan fingerprint density at radius 2 is 1.76 bits per heavy atom. The molecule has 2 rings (SSSR count). The Hall–Kier alpha value is -1.12. The van der Waals surface area contributed by atoms with Crippen molar-refractivity contribution in [3.63, 3.8) is 0 Å². The van der Waals surface area contributed by atoms with E-state index < -0.39 is 23.0 Å². The van der Waals surface area contributed by atoms with Gasteiger partial charge in [-0.2, -0.15) is 13.2 Å². The van der Waals surface area contributed by atoms with Crippen LogP contribution in [0.15, 0.2) is 22.7 Å². The van der Waals surface area contributed by atoms with Crippen molar-refractivity contribution < 1.29 is 17.6 Å². The van der Waals surface area contributed by atoms with Crippen molar-refractivity contribution in [2.75, 3.05) is 5.32 Å². The number of rotatable bonds is 2. The number of nitrogens with one attached hydrogen (secondary N) is 1. The lowest BCUT2D eigenvalue weighted by molar-refractivity contribution is -0.141. The molecular weight excluding hydrogens is 401 g/mol. The van der Waals surface area contributed by atoms with Crippen LogP contribution in [0.25, 0.3) is 0 Å².